The van der Waals surface area contributed by atoms with Crippen LogP contribution in [0.15, 0.2) is 54.6 Å². The minimum atomic E-state index is -0.138. The van der Waals surface area contributed by atoms with Crippen molar-refractivity contribution in [1.29, 1.82) is 0 Å². The van der Waals surface area contributed by atoms with E-state index in [9.17, 15) is 14.4 Å². The van der Waals surface area contributed by atoms with Crippen molar-refractivity contribution < 1.29 is 19.1 Å². The minimum absolute atomic E-state index is 0.0986. The summed E-state index contributed by atoms with van der Waals surface area (Å²) >= 11 is 0. The normalized spacial score (nSPS) is 15.5. The van der Waals surface area contributed by atoms with Crippen molar-refractivity contribution in [3.8, 4) is 5.75 Å². The Kier molecular flexibility index (Phi) is 7.83. The molecule has 7 heteroatoms. The summed E-state index contributed by atoms with van der Waals surface area (Å²) < 4.78 is 5.46. The number of nitrogens with zero attached hydrogens (tertiary/aromatic N) is 2. The summed E-state index contributed by atoms with van der Waals surface area (Å²) in [6.45, 7) is 2.00. The maximum Gasteiger partial charge on any atom is 0.260 e. The van der Waals surface area contributed by atoms with E-state index < -0.39 is 0 Å². The van der Waals surface area contributed by atoms with E-state index in [-0.39, 0.29) is 12.5 Å². The van der Waals surface area contributed by atoms with Gasteiger partial charge in [0.05, 0.1) is 5.69 Å². The molecular weight excluding hydrogens is 382 g/mol. The first-order valence-corrected chi connectivity index (χ1v) is 10.2. The molecule has 0 spiro atoms. The number of rotatable bonds is 7. The minimum Gasteiger partial charge on any atom is -0.482 e. The fourth-order valence-electron chi connectivity index (χ4n) is 3.22. The van der Waals surface area contributed by atoms with Gasteiger partial charge in [-0.25, -0.2) is 0 Å². The molecule has 2 fully saturated rings. The molecular formula is C23H27N3O4. The Balaban J connectivity index is 0.000000234. The van der Waals surface area contributed by atoms with Crippen LogP contribution in [0.2, 0.25) is 0 Å². The Morgan fingerprint density at radius 3 is 2.27 bits per heavy atom. The van der Waals surface area contributed by atoms with Crippen molar-refractivity contribution >= 4 is 24.4 Å². The lowest BCUT2D eigenvalue weighted by atomic mass is 10.1. The molecule has 158 valence electrons. The van der Waals surface area contributed by atoms with Crippen LogP contribution in [0.5, 0.6) is 5.75 Å². The highest BCUT2D eigenvalue weighted by molar-refractivity contribution is 5.79. The maximum absolute atomic E-state index is 12.0. The molecule has 4 rings (SSSR count). The lowest BCUT2D eigenvalue weighted by Gasteiger charge is -2.32. The third-order valence-electron chi connectivity index (χ3n) is 5.12. The third-order valence-corrected chi connectivity index (χ3v) is 5.12. The van der Waals surface area contributed by atoms with Gasteiger partial charge < -0.3 is 19.9 Å². The summed E-state index contributed by atoms with van der Waals surface area (Å²) in [4.78, 5) is 36.4. The molecule has 7 nitrogen and oxygen atoms in total. The van der Waals surface area contributed by atoms with Crippen molar-refractivity contribution in [2.45, 2.75) is 18.8 Å². The highest BCUT2D eigenvalue weighted by Gasteiger charge is 2.22. The third kappa shape index (κ3) is 6.34. The highest BCUT2D eigenvalue weighted by atomic mass is 16.5. The van der Waals surface area contributed by atoms with Gasteiger partial charge in [0.1, 0.15) is 5.75 Å². The quantitative estimate of drug-likeness (QED) is 0.713. The van der Waals surface area contributed by atoms with E-state index in [0.29, 0.717) is 44.0 Å². The van der Waals surface area contributed by atoms with Gasteiger partial charge in [0.2, 0.25) is 12.8 Å². The second kappa shape index (κ2) is 11.0. The molecule has 2 aromatic carbocycles. The van der Waals surface area contributed by atoms with Gasteiger partial charge in [-0.3, -0.25) is 14.4 Å². The Morgan fingerprint density at radius 2 is 1.63 bits per heavy atom. The number of nitrogens with one attached hydrogen (secondary N) is 1. The molecule has 1 aliphatic heterocycles. The predicted octanol–water partition coefficient (Wildman–Crippen LogP) is 2.50. The van der Waals surface area contributed by atoms with Gasteiger partial charge in [-0.1, -0.05) is 42.5 Å². The van der Waals surface area contributed by atoms with Crippen molar-refractivity contribution in [1.82, 2.24) is 9.80 Å². The summed E-state index contributed by atoms with van der Waals surface area (Å²) in [6.07, 6.45) is 4.16. The van der Waals surface area contributed by atoms with Crippen LogP contribution in [-0.4, -0.2) is 61.3 Å². The van der Waals surface area contributed by atoms with Crippen LogP contribution in [0, 0.1) is 0 Å². The first kappa shape index (κ1) is 21.4. The number of anilines is 1. The Hall–Kier alpha value is -3.35. The Bertz CT molecular complexity index is 831. The zero-order valence-corrected chi connectivity index (χ0v) is 16.9. The topological polar surface area (TPSA) is 79.0 Å². The van der Waals surface area contributed by atoms with Crippen molar-refractivity contribution in [3.63, 3.8) is 0 Å². The van der Waals surface area contributed by atoms with Gasteiger partial charge in [0.15, 0.2) is 6.61 Å². The van der Waals surface area contributed by atoms with Gasteiger partial charge in [-0.05, 0) is 36.5 Å². The number of carbonyl (C=O) groups excluding carboxylic acids is 3. The van der Waals surface area contributed by atoms with Crippen molar-refractivity contribution in [2.24, 2.45) is 0 Å². The number of benzene rings is 2. The molecule has 1 heterocycles. The molecule has 0 radical (unpaired) electrons. The second-order valence-electron chi connectivity index (χ2n) is 7.25. The highest BCUT2D eigenvalue weighted by Crippen LogP contribution is 2.39. The summed E-state index contributed by atoms with van der Waals surface area (Å²) in [7, 11) is 0. The zero-order valence-electron chi connectivity index (χ0n) is 16.9. The lowest BCUT2D eigenvalue weighted by Crippen LogP contribution is -2.49. The fraction of sp³-hybridized carbons (Fsp3) is 0.348. The number of amides is 3. The molecule has 2 aliphatic rings. The number of para-hydroxylation sites is 2. The molecule has 0 unspecified atom stereocenters. The van der Waals surface area contributed by atoms with Crippen molar-refractivity contribution in [3.05, 3.63) is 60.2 Å². The zero-order chi connectivity index (χ0) is 21.2. The van der Waals surface area contributed by atoms with E-state index in [4.69, 9.17) is 4.74 Å². The summed E-state index contributed by atoms with van der Waals surface area (Å²) in [5.41, 5.74) is 2.04. The molecule has 30 heavy (non-hydrogen) atoms. The van der Waals surface area contributed by atoms with Gasteiger partial charge in [-0.2, -0.15) is 0 Å². The number of piperazine rings is 1. The Morgan fingerprint density at radius 1 is 0.967 bits per heavy atom. The maximum atomic E-state index is 12.0. The van der Waals surface area contributed by atoms with Crippen LogP contribution < -0.4 is 10.1 Å². The lowest BCUT2D eigenvalue weighted by molar-refractivity contribution is -0.137. The monoisotopic (exact) mass is 409 g/mol. The van der Waals surface area contributed by atoms with E-state index in [1.165, 1.54) is 18.4 Å². The second-order valence-corrected chi connectivity index (χ2v) is 7.25. The first-order valence-electron chi connectivity index (χ1n) is 10.2. The summed E-state index contributed by atoms with van der Waals surface area (Å²) in [6, 6.07) is 17.7. The molecule has 1 saturated carbocycles. The molecule has 1 N–H and O–H groups in total. The number of hydrogen-bond donors (Lipinski definition) is 1. The number of carbonyl (C=O) groups is 3. The average molecular weight is 409 g/mol. The average Bonchev–Trinajstić information content (AvgIpc) is 3.65. The fourth-order valence-corrected chi connectivity index (χ4v) is 3.22. The molecule has 2 aromatic rings. The first-order chi connectivity index (χ1) is 14.7. The predicted molar refractivity (Wildman–Crippen MR) is 114 cm³/mol. The SMILES string of the molecule is O=CNc1ccccc1OCC(=O)N1CCN(C=O)CC1.c1ccc(C2CC2)cc1. The standard InChI is InChI=1S/C14H17N3O4.C9H10/c18-10-15-12-3-1-2-4-13(12)21-9-14(20)17-7-5-16(11-19)6-8-17;1-2-4-8(5-3-1)9-6-7-9/h1-4,10-11H,5-9H2,(H,15,18);1-5,9H,6-7H2. The summed E-state index contributed by atoms with van der Waals surface area (Å²) in [5, 5.41) is 2.52. The van der Waals surface area contributed by atoms with Gasteiger partial charge >= 0.3 is 0 Å². The van der Waals surface area contributed by atoms with Crippen LogP contribution in [0.1, 0.15) is 24.3 Å². The van der Waals surface area contributed by atoms with Crippen molar-refractivity contribution in [2.75, 3.05) is 38.1 Å². The number of hydrogen-bond acceptors (Lipinski definition) is 4. The number of ether oxygens (including phenoxy) is 1. The van der Waals surface area contributed by atoms with Crippen LogP contribution >= 0.6 is 0 Å². The van der Waals surface area contributed by atoms with Crippen LogP contribution in [-0.2, 0) is 14.4 Å². The van der Waals surface area contributed by atoms with Gasteiger partial charge in [0.25, 0.3) is 5.91 Å². The van der Waals surface area contributed by atoms with E-state index in [0.717, 1.165) is 12.3 Å². The van der Waals surface area contributed by atoms with E-state index in [1.54, 1.807) is 34.1 Å². The van der Waals surface area contributed by atoms with Crippen LogP contribution in [0.3, 0.4) is 0 Å². The Labute approximate surface area is 176 Å². The van der Waals surface area contributed by atoms with Gasteiger partial charge in [-0.15, -0.1) is 0 Å². The van der Waals surface area contributed by atoms with Gasteiger partial charge in [0, 0.05) is 26.2 Å². The largest absolute Gasteiger partial charge is 0.482 e. The molecule has 0 aromatic heterocycles. The van der Waals surface area contributed by atoms with E-state index >= 15 is 0 Å². The van der Waals surface area contributed by atoms with E-state index in [2.05, 4.69) is 35.6 Å². The smallest absolute Gasteiger partial charge is 0.260 e. The van der Waals surface area contributed by atoms with Crippen LogP contribution in [0.25, 0.3) is 0 Å². The van der Waals surface area contributed by atoms with E-state index in [1.807, 2.05) is 0 Å². The molecule has 0 bridgehead atoms. The molecule has 3 amide bonds. The molecule has 0 atom stereocenters. The van der Waals surface area contributed by atoms with Crippen LogP contribution in [0.4, 0.5) is 5.69 Å². The summed E-state index contributed by atoms with van der Waals surface area (Å²) in [5.74, 6) is 1.22. The molecule has 1 aliphatic carbocycles. The molecule has 1 saturated heterocycles.